The average Bonchev–Trinajstić information content (AvgIpc) is 3.30. The Bertz CT molecular complexity index is 1230. The van der Waals surface area contributed by atoms with Gasteiger partial charge in [-0.05, 0) is 64.2 Å². The first-order chi connectivity index (χ1) is 32.0. The lowest BCUT2D eigenvalue weighted by molar-refractivity contribution is -0.167. The molecule has 0 heterocycles. The Kier molecular flexibility index (Phi) is 50.9. The van der Waals surface area contributed by atoms with Crippen molar-refractivity contribution in [2.45, 2.75) is 271 Å². The molecule has 0 saturated heterocycles. The molecule has 0 aliphatic rings. The lowest BCUT2D eigenvalue weighted by Crippen LogP contribution is -2.30. The van der Waals surface area contributed by atoms with Crippen molar-refractivity contribution in [1.82, 2.24) is 0 Å². The Morgan fingerprint density at radius 3 is 0.969 bits per heavy atom. The largest absolute Gasteiger partial charge is 0.462 e. The highest BCUT2D eigenvalue weighted by molar-refractivity contribution is 5.71. The Balaban J connectivity index is 4.45. The van der Waals surface area contributed by atoms with Gasteiger partial charge < -0.3 is 14.2 Å². The molecule has 0 fully saturated rings. The van der Waals surface area contributed by atoms with Crippen molar-refractivity contribution in [3.63, 3.8) is 0 Å². The van der Waals surface area contributed by atoms with E-state index in [1.54, 1.807) is 0 Å². The van der Waals surface area contributed by atoms with E-state index in [4.69, 9.17) is 14.2 Å². The minimum Gasteiger partial charge on any atom is -0.462 e. The van der Waals surface area contributed by atoms with Crippen molar-refractivity contribution in [2.75, 3.05) is 13.2 Å². The zero-order valence-electron chi connectivity index (χ0n) is 42.7. The third-order valence-corrected chi connectivity index (χ3v) is 11.8. The fraction of sp³-hybridized carbons (Fsp3) is 0.746. The average molecular weight is 907 g/mol. The number of carbonyl (C=O) groups is 3. The molecule has 6 heteroatoms. The molecule has 0 bridgehead atoms. The van der Waals surface area contributed by atoms with Gasteiger partial charge in [0.25, 0.3) is 0 Å². The molecule has 0 aromatic heterocycles. The Labute approximate surface area is 402 Å². The van der Waals surface area contributed by atoms with Gasteiger partial charge in [0.15, 0.2) is 6.10 Å². The lowest BCUT2D eigenvalue weighted by atomic mass is 10.0. The summed E-state index contributed by atoms with van der Waals surface area (Å²) in [6, 6.07) is 0. The number of ether oxygens (including phenoxy) is 3. The molecule has 0 aliphatic heterocycles. The van der Waals surface area contributed by atoms with Gasteiger partial charge in [-0.3, -0.25) is 14.4 Å². The fourth-order valence-electron chi connectivity index (χ4n) is 7.68. The fourth-order valence-corrected chi connectivity index (χ4v) is 7.68. The molecule has 65 heavy (non-hydrogen) atoms. The van der Waals surface area contributed by atoms with E-state index in [1.807, 2.05) is 18.2 Å². The third kappa shape index (κ3) is 51.7. The zero-order valence-corrected chi connectivity index (χ0v) is 42.7. The van der Waals surface area contributed by atoms with Crippen molar-refractivity contribution in [3.8, 4) is 0 Å². The third-order valence-electron chi connectivity index (χ3n) is 11.8. The summed E-state index contributed by atoms with van der Waals surface area (Å²) in [6.07, 6.45) is 67.4. The van der Waals surface area contributed by atoms with E-state index in [0.717, 1.165) is 96.3 Å². The first kappa shape index (κ1) is 61.9. The van der Waals surface area contributed by atoms with E-state index >= 15 is 0 Å². The molecular weight excluding hydrogens is 805 g/mol. The van der Waals surface area contributed by atoms with Gasteiger partial charge in [-0.25, -0.2) is 0 Å². The van der Waals surface area contributed by atoms with Crippen LogP contribution in [-0.4, -0.2) is 37.2 Å². The summed E-state index contributed by atoms with van der Waals surface area (Å²) in [4.78, 5) is 38.1. The smallest absolute Gasteiger partial charge is 0.306 e. The molecule has 0 aliphatic carbocycles. The van der Waals surface area contributed by atoms with Crippen molar-refractivity contribution in [3.05, 3.63) is 72.9 Å². The van der Waals surface area contributed by atoms with Crippen molar-refractivity contribution >= 4 is 17.9 Å². The van der Waals surface area contributed by atoms with Crippen LogP contribution in [-0.2, 0) is 28.6 Å². The Hall–Kier alpha value is -3.15. The number of esters is 3. The number of unbranched alkanes of at least 4 members (excludes halogenated alkanes) is 30. The normalized spacial score (nSPS) is 12.6. The molecule has 0 rings (SSSR count). The summed E-state index contributed by atoms with van der Waals surface area (Å²) in [7, 11) is 0. The van der Waals surface area contributed by atoms with Crippen LogP contribution >= 0.6 is 0 Å². The predicted molar refractivity (Wildman–Crippen MR) is 279 cm³/mol. The van der Waals surface area contributed by atoms with Crippen molar-refractivity contribution in [1.29, 1.82) is 0 Å². The molecule has 0 N–H and O–H groups in total. The molecule has 1 unspecified atom stereocenters. The second kappa shape index (κ2) is 53.5. The summed E-state index contributed by atoms with van der Waals surface area (Å²) < 4.78 is 16.8. The van der Waals surface area contributed by atoms with Crippen LogP contribution in [0, 0.1) is 0 Å². The minimum absolute atomic E-state index is 0.0946. The van der Waals surface area contributed by atoms with Crippen molar-refractivity contribution < 1.29 is 28.6 Å². The number of carbonyl (C=O) groups excluding carboxylic acids is 3. The molecule has 0 saturated carbocycles. The second-order valence-corrected chi connectivity index (χ2v) is 18.2. The van der Waals surface area contributed by atoms with Gasteiger partial charge in [-0.2, -0.15) is 0 Å². The van der Waals surface area contributed by atoms with Crippen LogP contribution in [0.1, 0.15) is 265 Å². The van der Waals surface area contributed by atoms with Gasteiger partial charge in [0.05, 0.1) is 0 Å². The predicted octanol–water partition coefficient (Wildman–Crippen LogP) is 18.2. The topological polar surface area (TPSA) is 78.9 Å². The van der Waals surface area contributed by atoms with Crippen LogP contribution in [0.15, 0.2) is 72.9 Å². The van der Waals surface area contributed by atoms with Crippen LogP contribution < -0.4 is 0 Å². The molecule has 0 radical (unpaired) electrons. The second-order valence-electron chi connectivity index (χ2n) is 18.2. The van der Waals surface area contributed by atoms with Gasteiger partial charge >= 0.3 is 17.9 Å². The molecule has 0 spiro atoms. The van der Waals surface area contributed by atoms with Crippen LogP contribution in [0.2, 0.25) is 0 Å². The van der Waals surface area contributed by atoms with Gasteiger partial charge in [0.2, 0.25) is 0 Å². The molecule has 6 nitrogen and oxygen atoms in total. The Morgan fingerprint density at radius 1 is 0.323 bits per heavy atom. The van der Waals surface area contributed by atoms with Gasteiger partial charge in [-0.15, -0.1) is 0 Å². The molecule has 1 atom stereocenters. The zero-order chi connectivity index (χ0) is 47.2. The van der Waals surface area contributed by atoms with Gasteiger partial charge in [-0.1, -0.05) is 254 Å². The molecule has 374 valence electrons. The standard InChI is InChI=1S/C59H102O6/c1-4-7-10-13-16-19-22-25-28-31-34-37-40-43-46-49-52-58(61)64-55-56(54-63-57(60)51-48-45-42-39-36-33-30-27-24-21-18-15-12-9-6-3)65-59(62)53-50-47-44-41-38-35-32-29-26-23-20-17-14-11-8-5-2/h9,12,15,18,21,24,27-28,30-31,34,37,56H,4-8,10-11,13-14,16-17,19-20,22-23,25-26,29,32-33,35-36,38-55H2,1-3H3/b12-9-,18-15-,24-21-,30-27-,31-28-,37-34-. The van der Waals surface area contributed by atoms with Crippen molar-refractivity contribution in [2.24, 2.45) is 0 Å². The van der Waals surface area contributed by atoms with E-state index in [-0.39, 0.29) is 31.1 Å². The van der Waals surface area contributed by atoms with E-state index < -0.39 is 6.10 Å². The van der Waals surface area contributed by atoms with E-state index in [1.165, 1.54) is 128 Å². The van der Waals surface area contributed by atoms with E-state index in [9.17, 15) is 14.4 Å². The summed E-state index contributed by atoms with van der Waals surface area (Å²) in [5.74, 6) is -0.934. The maximum absolute atomic E-state index is 12.8. The minimum atomic E-state index is -0.794. The van der Waals surface area contributed by atoms with Crippen LogP contribution in [0.4, 0.5) is 0 Å². The number of hydrogen-bond donors (Lipinski definition) is 0. The summed E-state index contributed by atoms with van der Waals surface area (Å²) in [5.41, 5.74) is 0. The van der Waals surface area contributed by atoms with Gasteiger partial charge in [0, 0.05) is 19.3 Å². The summed E-state index contributed by atoms with van der Waals surface area (Å²) in [6.45, 7) is 6.47. The molecule has 0 amide bonds. The van der Waals surface area contributed by atoms with Crippen LogP contribution in [0.5, 0.6) is 0 Å². The van der Waals surface area contributed by atoms with Crippen LogP contribution in [0.25, 0.3) is 0 Å². The maximum Gasteiger partial charge on any atom is 0.306 e. The highest BCUT2D eigenvalue weighted by Gasteiger charge is 2.19. The first-order valence-corrected chi connectivity index (χ1v) is 27.5. The van der Waals surface area contributed by atoms with Crippen LogP contribution in [0.3, 0.4) is 0 Å². The molecule has 0 aromatic rings. The lowest BCUT2D eigenvalue weighted by Gasteiger charge is -2.18. The highest BCUT2D eigenvalue weighted by atomic mass is 16.6. The summed E-state index contributed by atoms with van der Waals surface area (Å²) >= 11 is 0. The summed E-state index contributed by atoms with van der Waals surface area (Å²) in [5, 5.41) is 0. The first-order valence-electron chi connectivity index (χ1n) is 27.5. The number of allylic oxidation sites excluding steroid dienone is 12. The number of hydrogen-bond acceptors (Lipinski definition) is 6. The highest BCUT2D eigenvalue weighted by Crippen LogP contribution is 2.16. The van der Waals surface area contributed by atoms with E-state index in [2.05, 4.69) is 75.5 Å². The van der Waals surface area contributed by atoms with Gasteiger partial charge in [0.1, 0.15) is 13.2 Å². The monoisotopic (exact) mass is 907 g/mol. The molecular formula is C59H102O6. The number of rotatable bonds is 49. The SMILES string of the molecule is CC\C=C/C=C\C=C/C=C\CCCCCCCC(=O)OCC(COC(=O)CCCCC/C=C\C=C/CCCCCCCCC)OC(=O)CCCCCCCCCCCCCCCCCC. The molecule has 0 aromatic carbocycles. The Morgan fingerprint density at radius 2 is 0.600 bits per heavy atom. The van der Waals surface area contributed by atoms with E-state index in [0.29, 0.717) is 19.3 Å². The maximum atomic E-state index is 12.8. The quantitative estimate of drug-likeness (QED) is 0.0262.